The number of aromatic nitrogens is 3. The summed E-state index contributed by atoms with van der Waals surface area (Å²) in [5.74, 6) is -0.547. The summed E-state index contributed by atoms with van der Waals surface area (Å²) >= 11 is 0. The minimum Gasteiger partial charge on any atom is -0.465 e. The lowest BCUT2D eigenvalue weighted by atomic mass is 10.1. The quantitative estimate of drug-likeness (QED) is 0.688. The van der Waals surface area contributed by atoms with Crippen LogP contribution in [0.1, 0.15) is 43.6 Å². The fourth-order valence-electron chi connectivity index (χ4n) is 2.70. The lowest BCUT2D eigenvalue weighted by Gasteiger charge is -2.02. The molecule has 8 nitrogen and oxygen atoms in total. The van der Waals surface area contributed by atoms with Crippen molar-refractivity contribution < 1.29 is 23.6 Å². The topological polar surface area (TPSA) is 107 Å². The van der Waals surface area contributed by atoms with Crippen LogP contribution in [0.15, 0.2) is 28.8 Å². The Morgan fingerprint density at radius 2 is 1.81 bits per heavy atom. The summed E-state index contributed by atoms with van der Waals surface area (Å²) in [6.45, 7) is 5.14. The Morgan fingerprint density at radius 3 is 2.48 bits per heavy atom. The summed E-state index contributed by atoms with van der Waals surface area (Å²) < 4.78 is 15.1. The molecule has 3 aromatic rings. The van der Waals surface area contributed by atoms with E-state index in [1.165, 1.54) is 7.11 Å². The number of methoxy groups -OCH3 is 1. The zero-order chi connectivity index (χ0) is 19.6. The summed E-state index contributed by atoms with van der Waals surface area (Å²) in [4.78, 5) is 31.2. The van der Waals surface area contributed by atoms with Gasteiger partial charge in [0.2, 0.25) is 5.82 Å². The fraction of sp³-hybridized carbons (Fsp3) is 0.263. The number of esters is 2. The SMILES string of the molecule is COC(=O)c1c(C)[nH]c(C(=O)OCc2nc(-c3ccc(C)cc3)no2)c1C. The molecule has 0 aliphatic heterocycles. The van der Waals surface area contributed by atoms with Crippen molar-refractivity contribution in [2.75, 3.05) is 7.11 Å². The zero-order valence-corrected chi connectivity index (χ0v) is 15.5. The number of nitrogens with zero attached hydrogens (tertiary/aromatic N) is 2. The molecule has 0 radical (unpaired) electrons. The zero-order valence-electron chi connectivity index (χ0n) is 15.5. The molecule has 0 unspecified atom stereocenters. The number of carbonyl (C=O) groups is 2. The van der Waals surface area contributed by atoms with Gasteiger partial charge in [0, 0.05) is 11.3 Å². The molecule has 0 atom stereocenters. The average Bonchev–Trinajstić information content (AvgIpc) is 3.24. The van der Waals surface area contributed by atoms with Crippen LogP contribution in [-0.2, 0) is 16.1 Å². The van der Waals surface area contributed by atoms with E-state index in [9.17, 15) is 9.59 Å². The first-order valence-electron chi connectivity index (χ1n) is 8.25. The molecular weight excluding hydrogens is 350 g/mol. The summed E-state index contributed by atoms with van der Waals surface area (Å²) in [6, 6.07) is 7.66. The molecule has 140 valence electrons. The van der Waals surface area contributed by atoms with E-state index in [4.69, 9.17) is 14.0 Å². The highest BCUT2D eigenvalue weighted by molar-refractivity contribution is 5.98. The van der Waals surface area contributed by atoms with Crippen LogP contribution in [0.5, 0.6) is 0 Å². The molecule has 3 rings (SSSR count). The number of ether oxygens (including phenoxy) is 2. The maximum atomic E-state index is 12.3. The first-order chi connectivity index (χ1) is 12.9. The Labute approximate surface area is 155 Å². The predicted molar refractivity (Wildman–Crippen MR) is 95.2 cm³/mol. The van der Waals surface area contributed by atoms with Gasteiger partial charge in [-0.05, 0) is 26.3 Å². The molecule has 0 fully saturated rings. The van der Waals surface area contributed by atoms with Crippen molar-refractivity contribution in [3.63, 3.8) is 0 Å². The molecule has 8 heteroatoms. The monoisotopic (exact) mass is 369 g/mol. The van der Waals surface area contributed by atoms with Crippen LogP contribution in [0.2, 0.25) is 0 Å². The van der Waals surface area contributed by atoms with E-state index in [1.807, 2.05) is 31.2 Å². The molecule has 0 aliphatic rings. The normalized spacial score (nSPS) is 10.7. The first-order valence-corrected chi connectivity index (χ1v) is 8.25. The highest BCUT2D eigenvalue weighted by atomic mass is 16.6. The van der Waals surface area contributed by atoms with E-state index in [0.29, 0.717) is 22.6 Å². The van der Waals surface area contributed by atoms with Gasteiger partial charge in [0.25, 0.3) is 5.89 Å². The lowest BCUT2D eigenvalue weighted by molar-refractivity contribution is 0.0422. The molecule has 0 bridgehead atoms. The number of aromatic amines is 1. The van der Waals surface area contributed by atoms with Crippen molar-refractivity contribution in [1.82, 2.24) is 15.1 Å². The standard InChI is InChI=1S/C19H19N3O5/c1-10-5-7-13(8-6-10)17-21-14(27-22-17)9-26-19(24)16-11(2)15(12(3)20-16)18(23)25-4/h5-8,20H,9H2,1-4H3. The smallest absolute Gasteiger partial charge is 0.355 e. The van der Waals surface area contributed by atoms with Gasteiger partial charge in [0.1, 0.15) is 5.69 Å². The third-order valence-corrected chi connectivity index (χ3v) is 4.14. The molecule has 1 aromatic carbocycles. The molecule has 0 spiro atoms. The minimum absolute atomic E-state index is 0.174. The Bertz CT molecular complexity index is 985. The van der Waals surface area contributed by atoms with Crippen LogP contribution in [-0.4, -0.2) is 34.2 Å². The van der Waals surface area contributed by atoms with Gasteiger partial charge in [0.05, 0.1) is 12.7 Å². The maximum Gasteiger partial charge on any atom is 0.355 e. The number of H-pyrrole nitrogens is 1. The highest BCUT2D eigenvalue weighted by Crippen LogP contribution is 2.20. The van der Waals surface area contributed by atoms with Gasteiger partial charge in [-0.1, -0.05) is 35.0 Å². The predicted octanol–water partition coefficient (Wildman–Crippen LogP) is 3.13. The molecule has 0 saturated heterocycles. The van der Waals surface area contributed by atoms with Crippen molar-refractivity contribution in [3.05, 3.63) is 58.2 Å². The second-order valence-electron chi connectivity index (χ2n) is 6.07. The van der Waals surface area contributed by atoms with Crippen LogP contribution >= 0.6 is 0 Å². The number of aryl methyl sites for hydroxylation is 2. The van der Waals surface area contributed by atoms with Gasteiger partial charge < -0.3 is 19.0 Å². The van der Waals surface area contributed by atoms with Crippen LogP contribution in [0.4, 0.5) is 0 Å². The summed E-state index contributed by atoms with van der Waals surface area (Å²) in [6.07, 6.45) is 0. The fourth-order valence-corrected chi connectivity index (χ4v) is 2.70. The lowest BCUT2D eigenvalue weighted by Crippen LogP contribution is -2.08. The third kappa shape index (κ3) is 3.74. The van der Waals surface area contributed by atoms with E-state index in [-0.39, 0.29) is 18.2 Å². The minimum atomic E-state index is -0.624. The van der Waals surface area contributed by atoms with Crippen molar-refractivity contribution in [2.24, 2.45) is 0 Å². The molecule has 27 heavy (non-hydrogen) atoms. The van der Waals surface area contributed by atoms with E-state index >= 15 is 0 Å². The summed E-state index contributed by atoms with van der Waals surface area (Å²) in [7, 11) is 1.29. The van der Waals surface area contributed by atoms with Gasteiger partial charge in [-0.25, -0.2) is 9.59 Å². The van der Waals surface area contributed by atoms with Gasteiger partial charge >= 0.3 is 11.9 Å². The second-order valence-corrected chi connectivity index (χ2v) is 6.07. The molecule has 0 aliphatic carbocycles. The van der Waals surface area contributed by atoms with E-state index in [2.05, 4.69) is 15.1 Å². The Kier molecular flexibility index (Phi) is 5.07. The van der Waals surface area contributed by atoms with E-state index < -0.39 is 11.9 Å². The Balaban J connectivity index is 1.70. The van der Waals surface area contributed by atoms with Crippen molar-refractivity contribution in [1.29, 1.82) is 0 Å². The largest absolute Gasteiger partial charge is 0.465 e. The van der Waals surface area contributed by atoms with Gasteiger partial charge in [-0.3, -0.25) is 0 Å². The molecular formula is C19H19N3O5. The van der Waals surface area contributed by atoms with Crippen LogP contribution < -0.4 is 0 Å². The Morgan fingerprint density at radius 1 is 1.11 bits per heavy atom. The molecule has 1 N–H and O–H groups in total. The van der Waals surface area contributed by atoms with E-state index in [1.54, 1.807) is 13.8 Å². The number of rotatable bonds is 5. The Hall–Kier alpha value is -3.42. The van der Waals surface area contributed by atoms with Crippen LogP contribution in [0, 0.1) is 20.8 Å². The summed E-state index contributed by atoms with van der Waals surface area (Å²) in [5.41, 5.74) is 3.44. The maximum absolute atomic E-state index is 12.3. The van der Waals surface area contributed by atoms with Gasteiger partial charge in [-0.15, -0.1) is 0 Å². The number of hydrogen-bond acceptors (Lipinski definition) is 7. The number of carbonyl (C=O) groups excluding carboxylic acids is 2. The molecule has 2 aromatic heterocycles. The van der Waals surface area contributed by atoms with Crippen LogP contribution in [0.25, 0.3) is 11.4 Å². The van der Waals surface area contributed by atoms with Crippen molar-refractivity contribution in [3.8, 4) is 11.4 Å². The van der Waals surface area contributed by atoms with Crippen LogP contribution in [0.3, 0.4) is 0 Å². The van der Waals surface area contributed by atoms with Crippen molar-refractivity contribution >= 4 is 11.9 Å². The van der Waals surface area contributed by atoms with E-state index in [0.717, 1.165) is 11.1 Å². The third-order valence-electron chi connectivity index (χ3n) is 4.14. The highest BCUT2D eigenvalue weighted by Gasteiger charge is 2.23. The number of benzene rings is 1. The van der Waals surface area contributed by atoms with Crippen molar-refractivity contribution in [2.45, 2.75) is 27.4 Å². The molecule has 0 amide bonds. The molecule has 0 saturated carbocycles. The van der Waals surface area contributed by atoms with Gasteiger partial charge in [-0.2, -0.15) is 4.98 Å². The average molecular weight is 369 g/mol. The number of nitrogens with one attached hydrogen (secondary N) is 1. The number of hydrogen-bond donors (Lipinski definition) is 1. The molecule has 2 heterocycles. The van der Waals surface area contributed by atoms with Gasteiger partial charge in [0.15, 0.2) is 6.61 Å². The summed E-state index contributed by atoms with van der Waals surface area (Å²) in [5, 5.41) is 3.89. The first kappa shape index (κ1) is 18.4. The second kappa shape index (κ2) is 7.45.